The van der Waals surface area contributed by atoms with Gasteiger partial charge in [-0.15, -0.1) is 0 Å². The summed E-state index contributed by atoms with van der Waals surface area (Å²) in [6.45, 7) is 4.61. The Balaban J connectivity index is 2.01. The molecular formula is C34H58O4. The molecule has 0 aliphatic heterocycles. The van der Waals surface area contributed by atoms with Gasteiger partial charge in [0.25, 0.3) is 0 Å². The molecule has 1 rings (SSSR count). The smallest absolute Gasteiger partial charge is 0.303 e. The predicted octanol–water partition coefficient (Wildman–Crippen LogP) is 10.4. The average molecular weight is 531 g/mol. The van der Waals surface area contributed by atoms with Crippen LogP contribution in [0.5, 0.6) is 0 Å². The largest absolute Gasteiger partial charge is 0.481 e. The summed E-state index contributed by atoms with van der Waals surface area (Å²) in [6, 6.07) is 10.7. The molecule has 1 aromatic rings. The molecule has 0 aliphatic carbocycles. The molecule has 38 heavy (non-hydrogen) atoms. The Hall–Kier alpha value is -1.84. The number of aliphatic carboxylic acids is 2. The molecule has 2 N–H and O–H groups in total. The SMILES string of the molecule is CC(c1ccccc1)C(C)C(CCCCCCCCCCCCCCCCCCCC(=O)O)CCC(=O)O. The molecule has 0 aliphatic rings. The summed E-state index contributed by atoms with van der Waals surface area (Å²) in [6.07, 6.45) is 24.2. The first-order chi connectivity index (χ1) is 18.4. The molecule has 3 unspecified atom stereocenters. The van der Waals surface area contributed by atoms with Crippen LogP contribution in [0.15, 0.2) is 30.3 Å². The molecule has 218 valence electrons. The number of unbranched alkanes of at least 4 members (excludes halogenated alkanes) is 16. The maximum atomic E-state index is 11.2. The molecule has 0 radical (unpaired) electrons. The molecule has 0 aromatic heterocycles. The van der Waals surface area contributed by atoms with Gasteiger partial charge in [0.15, 0.2) is 0 Å². The van der Waals surface area contributed by atoms with Gasteiger partial charge >= 0.3 is 11.9 Å². The Morgan fingerprint density at radius 3 is 1.37 bits per heavy atom. The third-order valence-corrected chi connectivity index (χ3v) is 8.55. The van der Waals surface area contributed by atoms with Crippen LogP contribution in [0.4, 0.5) is 0 Å². The van der Waals surface area contributed by atoms with E-state index in [-0.39, 0.29) is 6.42 Å². The molecule has 0 saturated heterocycles. The number of hydrogen-bond acceptors (Lipinski definition) is 2. The normalized spacial score (nSPS) is 13.7. The number of carboxylic acids is 2. The first-order valence-corrected chi connectivity index (χ1v) is 15.9. The predicted molar refractivity (Wildman–Crippen MR) is 160 cm³/mol. The van der Waals surface area contributed by atoms with Crippen LogP contribution in [-0.4, -0.2) is 22.2 Å². The van der Waals surface area contributed by atoms with Gasteiger partial charge in [0.1, 0.15) is 0 Å². The van der Waals surface area contributed by atoms with E-state index in [9.17, 15) is 14.7 Å². The molecule has 0 bridgehead atoms. The van der Waals surface area contributed by atoms with Gasteiger partial charge in [-0.3, -0.25) is 9.59 Å². The van der Waals surface area contributed by atoms with Gasteiger partial charge < -0.3 is 10.2 Å². The van der Waals surface area contributed by atoms with Gasteiger partial charge in [-0.05, 0) is 36.2 Å². The summed E-state index contributed by atoms with van der Waals surface area (Å²) in [5.41, 5.74) is 1.36. The van der Waals surface area contributed by atoms with Crippen molar-refractivity contribution < 1.29 is 19.8 Å². The first-order valence-electron chi connectivity index (χ1n) is 15.9. The standard InChI is InChI=1S/C34H58O4/c1-29(31-23-20-18-21-24-31)30(2)32(27-28-34(37)38)25-19-16-14-12-10-8-6-4-3-5-7-9-11-13-15-17-22-26-33(35)36/h18,20-21,23-24,29-30,32H,3-17,19,22,25-28H2,1-2H3,(H,35,36)(H,37,38). The van der Waals surface area contributed by atoms with E-state index in [1.165, 1.54) is 102 Å². The molecule has 1 aromatic carbocycles. The van der Waals surface area contributed by atoms with E-state index in [0.717, 1.165) is 25.7 Å². The van der Waals surface area contributed by atoms with Crippen LogP contribution in [0.3, 0.4) is 0 Å². The van der Waals surface area contributed by atoms with Crippen molar-refractivity contribution in [3.63, 3.8) is 0 Å². The second kappa shape index (κ2) is 23.1. The fraction of sp³-hybridized carbons (Fsp3) is 0.765. The first kappa shape index (κ1) is 34.2. The van der Waals surface area contributed by atoms with Crippen LogP contribution in [0.2, 0.25) is 0 Å². The Labute approximate surface area is 234 Å². The zero-order valence-electron chi connectivity index (χ0n) is 24.7. The van der Waals surface area contributed by atoms with Crippen LogP contribution in [0, 0.1) is 11.8 Å². The van der Waals surface area contributed by atoms with Gasteiger partial charge in [0.05, 0.1) is 0 Å². The Morgan fingerprint density at radius 2 is 0.947 bits per heavy atom. The van der Waals surface area contributed by atoms with Crippen LogP contribution in [0.1, 0.15) is 160 Å². The molecule has 4 heteroatoms. The van der Waals surface area contributed by atoms with E-state index >= 15 is 0 Å². The Bertz CT molecular complexity index is 702. The van der Waals surface area contributed by atoms with Gasteiger partial charge in [-0.25, -0.2) is 0 Å². The maximum absolute atomic E-state index is 11.2. The van der Waals surface area contributed by atoms with Gasteiger partial charge in [-0.1, -0.05) is 153 Å². The second-order valence-electron chi connectivity index (χ2n) is 11.7. The molecule has 0 amide bonds. The minimum atomic E-state index is -0.670. The minimum Gasteiger partial charge on any atom is -0.481 e. The van der Waals surface area contributed by atoms with E-state index in [2.05, 4.69) is 44.2 Å². The lowest BCUT2D eigenvalue weighted by molar-refractivity contribution is -0.138. The van der Waals surface area contributed by atoms with Crippen molar-refractivity contribution in [2.45, 2.75) is 155 Å². The molecular weight excluding hydrogens is 472 g/mol. The summed E-state index contributed by atoms with van der Waals surface area (Å²) in [5.74, 6) is 0.0880. The molecule has 0 fully saturated rings. The highest BCUT2D eigenvalue weighted by Crippen LogP contribution is 2.35. The van der Waals surface area contributed by atoms with Crippen molar-refractivity contribution in [1.82, 2.24) is 0 Å². The third kappa shape index (κ3) is 18.4. The highest BCUT2D eigenvalue weighted by molar-refractivity contribution is 5.66. The van der Waals surface area contributed by atoms with E-state index in [1.54, 1.807) is 0 Å². The number of hydrogen-bond donors (Lipinski definition) is 2. The summed E-state index contributed by atoms with van der Waals surface area (Å²) in [5, 5.41) is 17.9. The van der Waals surface area contributed by atoms with Gasteiger partial charge in [-0.2, -0.15) is 0 Å². The van der Waals surface area contributed by atoms with E-state index in [4.69, 9.17) is 5.11 Å². The fourth-order valence-corrected chi connectivity index (χ4v) is 5.78. The van der Waals surface area contributed by atoms with E-state index < -0.39 is 11.9 Å². The zero-order valence-corrected chi connectivity index (χ0v) is 24.7. The van der Waals surface area contributed by atoms with Crippen molar-refractivity contribution in [3.05, 3.63) is 35.9 Å². The van der Waals surface area contributed by atoms with Crippen LogP contribution in [0.25, 0.3) is 0 Å². The van der Waals surface area contributed by atoms with Gasteiger partial charge in [0, 0.05) is 12.8 Å². The molecule has 3 atom stereocenters. The molecule has 0 heterocycles. The second-order valence-corrected chi connectivity index (χ2v) is 11.7. The van der Waals surface area contributed by atoms with Crippen molar-refractivity contribution in [2.24, 2.45) is 11.8 Å². The lowest BCUT2D eigenvalue weighted by Gasteiger charge is -2.29. The Kier molecular flexibility index (Phi) is 20.8. The Morgan fingerprint density at radius 1 is 0.553 bits per heavy atom. The zero-order chi connectivity index (χ0) is 27.8. The molecule has 0 saturated carbocycles. The molecule has 4 nitrogen and oxygen atoms in total. The van der Waals surface area contributed by atoms with Crippen molar-refractivity contribution in [2.75, 3.05) is 0 Å². The van der Waals surface area contributed by atoms with Crippen molar-refractivity contribution in [3.8, 4) is 0 Å². The summed E-state index contributed by atoms with van der Waals surface area (Å²) in [7, 11) is 0. The molecule has 0 spiro atoms. The number of carbonyl (C=O) groups is 2. The highest BCUT2D eigenvalue weighted by atomic mass is 16.4. The monoisotopic (exact) mass is 530 g/mol. The minimum absolute atomic E-state index is 0.284. The van der Waals surface area contributed by atoms with Crippen molar-refractivity contribution in [1.29, 1.82) is 0 Å². The average Bonchev–Trinajstić information content (AvgIpc) is 2.91. The van der Waals surface area contributed by atoms with E-state index in [0.29, 0.717) is 24.2 Å². The number of benzene rings is 1. The van der Waals surface area contributed by atoms with Crippen LogP contribution in [-0.2, 0) is 9.59 Å². The summed E-state index contributed by atoms with van der Waals surface area (Å²) >= 11 is 0. The van der Waals surface area contributed by atoms with E-state index in [1.807, 2.05) is 0 Å². The lowest BCUT2D eigenvalue weighted by atomic mass is 9.76. The third-order valence-electron chi connectivity index (χ3n) is 8.55. The van der Waals surface area contributed by atoms with Crippen molar-refractivity contribution >= 4 is 11.9 Å². The van der Waals surface area contributed by atoms with Gasteiger partial charge in [0.2, 0.25) is 0 Å². The number of carboxylic acid groups (broad SMARTS) is 2. The summed E-state index contributed by atoms with van der Waals surface area (Å²) in [4.78, 5) is 21.7. The maximum Gasteiger partial charge on any atom is 0.303 e. The number of rotatable bonds is 26. The summed E-state index contributed by atoms with van der Waals surface area (Å²) < 4.78 is 0. The quantitative estimate of drug-likeness (QED) is 0.117. The van der Waals surface area contributed by atoms with Crippen LogP contribution < -0.4 is 0 Å². The highest BCUT2D eigenvalue weighted by Gasteiger charge is 2.24. The lowest BCUT2D eigenvalue weighted by Crippen LogP contribution is -2.19. The fourth-order valence-electron chi connectivity index (χ4n) is 5.78. The topological polar surface area (TPSA) is 74.6 Å². The van der Waals surface area contributed by atoms with Crippen LogP contribution >= 0.6 is 0 Å².